The minimum Gasteiger partial charge on any atom is -0.332 e. The molecule has 0 aliphatic carbocycles. The predicted octanol–water partition coefficient (Wildman–Crippen LogP) is 1.71. The highest BCUT2D eigenvalue weighted by Gasteiger charge is 1.98. The van der Waals surface area contributed by atoms with Gasteiger partial charge in [-0.25, -0.2) is 4.98 Å². The number of aromatic nitrogens is 2. The summed E-state index contributed by atoms with van der Waals surface area (Å²) < 4.78 is 2.11. The van der Waals surface area contributed by atoms with E-state index in [1.807, 2.05) is 13.4 Å². The maximum Gasteiger partial charge on any atom is 0.0953 e. The van der Waals surface area contributed by atoms with Crippen LogP contribution in [-0.2, 0) is 13.1 Å². The SMILES string of the molecule is CNCc1cn(Cc2cccs2)cn1. The van der Waals surface area contributed by atoms with Crippen LogP contribution in [0.5, 0.6) is 0 Å². The summed E-state index contributed by atoms with van der Waals surface area (Å²) in [6.07, 6.45) is 3.96. The molecule has 0 unspecified atom stereocenters. The smallest absolute Gasteiger partial charge is 0.0953 e. The van der Waals surface area contributed by atoms with Crippen LogP contribution in [0, 0.1) is 0 Å². The fourth-order valence-corrected chi connectivity index (χ4v) is 2.06. The molecular weight excluding hydrogens is 194 g/mol. The monoisotopic (exact) mass is 207 g/mol. The van der Waals surface area contributed by atoms with Crippen LogP contribution in [0.1, 0.15) is 10.6 Å². The Morgan fingerprint density at radius 2 is 2.50 bits per heavy atom. The molecule has 0 bridgehead atoms. The highest BCUT2D eigenvalue weighted by atomic mass is 32.1. The molecule has 2 heterocycles. The van der Waals surface area contributed by atoms with E-state index in [4.69, 9.17) is 0 Å². The second-order valence-electron chi connectivity index (χ2n) is 3.15. The molecule has 2 rings (SSSR count). The fourth-order valence-electron chi connectivity index (χ4n) is 1.35. The molecular formula is C10H13N3S. The van der Waals surface area contributed by atoms with E-state index in [9.17, 15) is 0 Å². The maximum absolute atomic E-state index is 4.29. The maximum atomic E-state index is 4.29. The zero-order valence-corrected chi connectivity index (χ0v) is 8.92. The summed E-state index contributed by atoms with van der Waals surface area (Å²) in [7, 11) is 1.93. The number of hydrogen-bond acceptors (Lipinski definition) is 3. The first-order chi connectivity index (χ1) is 6.88. The molecule has 3 nitrogen and oxygen atoms in total. The first-order valence-electron chi connectivity index (χ1n) is 4.56. The molecule has 4 heteroatoms. The van der Waals surface area contributed by atoms with Gasteiger partial charge < -0.3 is 9.88 Å². The number of rotatable bonds is 4. The van der Waals surface area contributed by atoms with E-state index in [0.29, 0.717) is 0 Å². The van der Waals surface area contributed by atoms with Gasteiger partial charge in [0.1, 0.15) is 0 Å². The van der Waals surface area contributed by atoms with Crippen molar-refractivity contribution in [2.24, 2.45) is 0 Å². The molecule has 2 aromatic heterocycles. The first kappa shape index (κ1) is 9.43. The van der Waals surface area contributed by atoms with Crippen molar-refractivity contribution in [3.8, 4) is 0 Å². The third kappa shape index (κ3) is 2.21. The zero-order chi connectivity index (χ0) is 9.80. The van der Waals surface area contributed by atoms with Gasteiger partial charge in [-0.15, -0.1) is 11.3 Å². The summed E-state index contributed by atoms with van der Waals surface area (Å²) in [6.45, 7) is 1.76. The van der Waals surface area contributed by atoms with Crippen molar-refractivity contribution in [1.82, 2.24) is 14.9 Å². The van der Waals surface area contributed by atoms with E-state index in [1.165, 1.54) is 4.88 Å². The molecule has 74 valence electrons. The number of hydrogen-bond donors (Lipinski definition) is 1. The largest absolute Gasteiger partial charge is 0.332 e. The van der Waals surface area contributed by atoms with Crippen molar-refractivity contribution in [1.29, 1.82) is 0 Å². The molecule has 14 heavy (non-hydrogen) atoms. The molecule has 0 atom stereocenters. The van der Waals surface area contributed by atoms with E-state index in [1.54, 1.807) is 11.3 Å². The van der Waals surface area contributed by atoms with Gasteiger partial charge in [0.15, 0.2) is 0 Å². The molecule has 0 aromatic carbocycles. The summed E-state index contributed by atoms with van der Waals surface area (Å²) in [5.41, 5.74) is 1.09. The lowest BCUT2D eigenvalue weighted by molar-refractivity contribution is 0.787. The summed E-state index contributed by atoms with van der Waals surface area (Å²) >= 11 is 1.78. The van der Waals surface area contributed by atoms with Gasteiger partial charge in [0.25, 0.3) is 0 Å². The third-order valence-electron chi connectivity index (χ3n) is 1.96. The standard InChI is InChI=1S/C10H13N3S/c1-11-5-9-6-13(8-12-9)7-10-3-2-4-14-10/h2-4,6,8,11H,5,7H2,1H3. The Hall–Kier alpha value is -1.13. The number of nitrogens with zero attached hydrogens (tertiary/aromatic N) is 2. The average Bonchev–Trinajstić information content (AvgIpc) is 2.79. The van der Waals surface area contributed by atoms with Crippen molar-refractivity contribution in [3.63, 3.8) is 0 Å². The van der Waals surface area contributed by atoms with Crippen molar-refractivity contribution in [3.05, 3.63) is 40.6 Å². The summed E-state index contributed by atoms with van der Waals surface area (Å²) in [4.78, 5) is 5.65. The van der Waals surface area contributed by atoms with E-state index in [0.717, 1.165) is 18.8 Å². The third-order valence-corrected chi connectivity index (χ3v) is 2.82. The van der Waals surface area contributed by atoms with Crippen LogP contribution >= 0.6 is 11.3 Å². The topological polar surface area (TPSA) is 29.9 Å². The highest BCUT2D eigenvalue weighted by Crippen LogP contribution is 2.10. The molecule has 0 fully saturated rings. The number of imidazole rings is 1. The van der Waals surface area contributed by atoms with Crippen molar-refractivity contribution >= 4 is 11.3 Å². The molecule has 0 radical (unpaired) electrons. The van der Waals surface area contributed by atoms with Gasteiger partial charge in [0, 0.05) is 17.6 Å². The molecule has 0 aliphatic rings. The van der Waals surface area contributed by atoms with Gasteiger partial charge in [-0.1, -0.05) is 6.07 Å². The van der Waals surface area contributed by atoms with E-state index in [2.05, 4.69) is 38.6 Å². The first-order valence-corrected chi connectivity index (χ1v) is 5.44. The van der Waals surface area contributed by atoms with Gasteiger partial charge in [-0.2, -0.15) is 0 Å². The van der Waals surface area contributed by atoms with E-state index >= 15 is 0 Å². The Morgan fingerprint density at radius 3 is 3.21 bits per heavy atom. The Kier molecular flexibility index (Phi) is 2.96. The van der Waals surface area contributed by atoms with Crippen molar-refractivity contribution < 1.29 is 0 Å². The van der Waals surface area contributed by atoms with Gasteiger partial charge in [-0.3, -0.25) is 0 Å². The van der Waals surface area contributed by atoms with Crippen LogP contribution < -0.4 is 5.32 Å². The van der Waals surface area contributed by atoms with Crippen LogP contribution in [0.3, 0.4) is 0 Å². The zero-order valence-electron chi connectivity index (χ0n) is 8.10. The Balaban J connectivity index is 2.03. The number of nitrogens with one attached hydrogen (secondary N) is 1. The van der Waals surface area contributed by atoms with Crippen molar-refractivity contribution in [2.45, 2.75) is 13.1 Å². The van der Waals surface area contributed by atoms with Crippen molar-refractivity contribution in [2.75, 3.05) is 7.05 Å². The van der Waals surface area contributed by atoms with Crippen LogP contribution in [0.4, 0.5) is 0 Å². The van der Waals surface area contributed by atoms with Gasteiger partial charge in [0.2, 0.25) is 0 Å². The van der Waals surface area contributed by atoms with Gasteiger partial charge in [0.05, 0.1) is 18.6 Å². The molecule has 2 aromatic rings. The Labute approximate surface area is 87.4 Å². The molecule has 1 N–H and O–H groups in total. The Morgan fingerprint density at radius 1 is 1.57 bits per heavy atom. The lowest BCUT2D eigenvalue weighted by atomic mass is 10.4. The lowest BCUT2D eigenvalue weighted by Gasteiger charge is -1.97. The molecule has 0 saturated heterocycles. The van der Waals surface area contributed by atoms with E-state index in [-0.39, 0.29) is 0 Å². The van der Waals surface area contributed by atoms with Gasteiger partial charge in [-0.05, 0) is 18.5 Å². The Bertz CT molecular complexity index is 378. The average molecular weight is 207 g/mol. The summed E-state index contributed by atoms with van der Waals surface area (Å²) in [5, 5.41) is 5.18. The fraction of sp³-hybridized carbons (Fsp3) is 0.300. The van der Waals surface area contributed by atoms with Crippen LogP contribution in [0.2, 0.25) is 0 Å². The van der Waals surface area contributed by atoms with Crippen LogP contribution in [0.25, 0.3) is 0 Å². The van der Waals surface area contributed by atoms with E-state index < -0.39 is 0 Å². The van der Waals surface area contributed by atoms with Crippen LogP contribution in [0.15, 0.2) is 30.0 Å². The summed E-state index contributed by atoms with van der Waals surface area (Å²) in [5.74, 6) is 0. The second kappa shape index (κ2) is 4.39. The molecule has 0 spiro atoms. The predicted molar refractivity (Wildman–Crippen MR) is 58.4 cm³/mol. The highest BCUT2D eigenvalue weighted by molar-refractivity contribution is 7.09. The van der Waals surface area contributed by atoms with Crippen LogP contribution in [-0.4, -0.2) is 16.6 Å². The second-order valence-corrected chi connectivity index (χ2v) is 4.18. The quantitative estimate of drug-likeness (QED) is 0.827. The lowest BCUT2D eigenvalue weighted by Crippen LogP contribution is -2.05. The molecule has 0 amide bonds. The minimum absolute atomic E-state index is 0.831. The van der Waals surface area contributed by atoms with Gasteiger partial charge >= 0.3 is 0 Å². The molecule has 0 saturated carbocycles. The summed E-state index contributed by atoms with van der Waals surface area (Å²) in [6, 6.07) is 4.22. The molecule has 0 aliphatic heterocycles. The normalized spacial score (nSPS) is 10.6. The minimum atomic E-state index is 0.831. The number of thiophene rings is 1.